The average molecular weight is 1280 g/mol. The SMILES string of the molecule is c1ccc(-c2ccc3c(c2)c2cc(-c4ccccc4)ccc2n3-c2ccc(-c3nc(-c4ccccc4)cc(-c4ccccc4)n3)cc2-c2nc(-c3ccccc3)nc(-c3ccc(-c4cc5c6c(c4)N(c4ccccc4)c4ccccc4B6c4ccccc4N5c4ccccc4)cc3)n2)cc1. The zero-order valence-electron chi connectivity index (χ0n) is 54.2. The van der Waals surface area contributed by atoms with Crippen molar-refractivity contribution in [2.45, 2.75) is 0 Å². The summed E-state index contributed by atoms with van der Waals surface area (Å²) in [5.41, 5.74) is 27.2. The molecule has 5 heterocycles. The summed E-state index contributed by atoms with van der Waals surface area (Å²) in [5, 5.41) is 2.24. The van der Waals surface area contributed by atoms with Crippen molar-refractivity contribution < 1.29 is 0 Å². The van der Waals surface area contributed by atoms with Crippen molar-refractivity contribution in [3.05, 3.63) is 358 Å². The van der Waals surface area contributed by atoms with E-state index in [4.69, 9.17) is 24.9 Å². The fourth-order valence-corrected chi connectivity index (χ4v) is 15.0. The third kappa shape index (κ3) is 10.1. The van der Waals surface area contributed by atoms with Crippen LogP contribution < -0.4 is 26.2 Å². The second-order valence-electron chi connectivity index (χ2n) is 25.5. The Balaban J connectivity index is 0.820. The highest BCUT2D eigenvalue weighted by molar-refractivity contribution is 7.00. The van der Waals surface area contributed by atoms with Crippen LogP contribution in [0.25, 0.3) is 129 Å². The van der Waals surface area contributed by atoms with Gasteiger partial charge in [-0.05, 0) is 147 Å². The van der Waals surface area contributed by atoms with E-state index < -0.39 is 0 Å². The summed E-state index contributed by atoms with van der Waals surface area (Å²) < 4.78 is 2.38. The fourth-order valence-electron chi connectivity index (χ4n) is 15.0. The molecule has 14 aromatic carbocycles. The number of nitrogens with zero attached hydrogens (tertiary/aromatic N) is 8. The van der Waals surface area contributed by atoms with Gasteiger partial charge in [-0.15, -0.1) is 0 Å². The topological polar surface area (TPSA) is 75.9 Å². The van der Waals surface area contributed by atoms with Crippen molar-refractivity contribution in [2.75, 3.05) is 9.80 Å². The average Bonchev–Trinajstić information content (AvgIpc) is 0.834. The van der Waals surface area contributed by atoms with Gasteiger partial charge >= 0.3 is 0 Å². The van der Waals surface area contributed by atoms with Crippen molar-refractivity contribution in [3.8, 4) is 107 Å². The molecule has 3 aromatic heterocycles. The van der Waals surface area contributed by atoms with Crippen LogP contribution in [0.5, 0.6) is 0 Å². The van der Waals surface area contributed by atoms with Gasteiger partial charge < -0.3 is 14.4 Å². The lowest BCUT2D eigenvalue weighted by Gasteiger charge is -2.44. The van der Waals surface area contributed by atoms with Gasteiger partial charge in [0.2, 0.25) is 0 Å². The van der Waals surface area contributed by atoms with E-state index >= 15 is 0 Å². The zero-order chi connectivity index (χ0) is 66.0. The second-order valence-corrected chi connectivity index (χ2v) is 25.5. The summed E-state index contributed by atoms with van der Waals surface area (Å²) in [6, 6.07) is 127. The summed E-state index contributed by atoms with van der Waals surface area (Å²) in [7, 11) is 0. The number of fused-ring (bicyclic) bond motifs is 7. The smallest absolute Gasteiger partial charge is 0.252 e. The normalized spacial score (nSPS) is 12.1. The molecule has 0 N–H and O–H groups in total. The van der Waals surface area contributed by atoms with E-state index in [0.29, 0.717) is 23.3 Å². The third-order valence-electron chi connectivity index (χ3n) is 19.6. The number of benzene rings is 14. The molecule has 2 aliphatic heterocycles. The van der Waals surface area contributed by atoms with Gasteiger partial charge in [0.05, 0.1) is 28.1 Å². The van der Waals surface area contributed by atoms with Crippen molar-refractivity contribution in [1.29, 1.82) is 0 Å². The maximum atomic E-state index is 5.65. The molecule has 9 heteroatoms. The van der Waals surface area contributed by atoms with Crippen molar-refractivity contribution in [1.82, 2.24) is 29.5 Å². The maximum absolute atomic E-state index is 5.65. The Morgan fingerprint density at radius 1 is 0.220 bits per heavy atom. The summed E-state index contributed by atoms with van der Waals surface area (Å²) in [6.45, 7) is 0.000457. The van der Waals surface area contributed by atoms with Crippen LogP contribution in [0.1, 0.15) is 0 Å². The van der Waals surface area contributed by atoms with Crippen molar-refractivity contribution >= 4 is 79.0 Å². The lowest BCUT2D eigenvalue weighted by molar-refractivity contribution is 1.06. The zero-order valence-corrected chi connectivity index (χ0v) is 54.2. The van der Waals surface area contributed by atoms with Crippen LogP contribution in [0.3, 0.4) is 0 Å². The minimum Gasteiger partial charge on any atom is -0.311 e. The highest BCUT2D eigenvalue weighted by Crippen LogP contribution is 2.47. The molecule has 0 saturated heterocycles. The molecule has 0 amide bonds. The third-order valence-corrected chi connectivity index (χ3v) is 19.6. The second kappa shape index (κ2) is 24.4. The van der Waals surface area contributed by atoms with Crippen LogP contribution in [0.2, 0.25) is 0 Å². The maximum Gasteiger partial charge on any atom is 0.252 e. The molecule has 0 unspecified atom stereocenters. The first-order valence-electron chi connectivity index (χ1n) is 33.9. The van der Waals surface area contributed by atoms with E-state index in [1.54, 1.807) is 0 Å². The van der Waals surface area contributed by atoms with Gasteiger partial charge in [-0.2, -0.15) is 0 Å². The van der Waals surface area contributed by atoms with Gasteiger partial charge in [0.25, 0.3) is 6.71 Å². The predicted octanol–water partition coefficient (Wildman–Crippen LogP) is 20.8. The van der Waals surface area contributed by atoms with E-state index in [0.717, 1.165) is 128 Å². The first kappa shape index (κ1) is 58.0. The largest absolute Gasteiger partial charge is 0.311 e. The highest BCUT2D eigenvalue weighted by atomic mass is 15.2. The molecular weight excluding hydrogens is 1220 g/mol. The minimum atomic E-state index is 0.000457. The molecule has 0 radical (unpaired) electrons. The van der Waals surface area contributed by atoms with Crippen LogP contribution in [-0.4, -0.2) is 36.2 Å². The Morgan fingerprint density at radius 3 is 1.06 bits per heavy atom. The Hall–Kier alpha value is -13.4. The Bertz CT molecular complexity index is 5690. The molecule has 466 valence electrons. The quantitative estimate of drug-likeness (QED) is 0.113. The Morgan fingerprint density at radius 2 is 0.580 bits per heavy atom. The lowest BCUT2D eigenvalue weighted by Crippen LogP contribution is -2.61. The summed E-state index contributed by atoms with van der Waals surface area (Å²) in [4.78, 5) is 32.3. The van der Waals surface area contributed by atoms with Gasteiger partial charge in [0.1, 0.15) is 0 Å². The summed E-state index contributed by atoms with van der Waals surface area (Å²) >= 11 is 0. The van der Waals surface area contributed by atoms with E-state index in [9.17, 15) is 0 Å². The van der Waals surface area contributed by atoms with Gasteiger partial charge in [-0.3, -0.25) is 0 Å². The molecule has 0 spiro atoms. The predicted molar refractivity (Wildman–Crippen MR) is 413 cm³/mol. The highest BCUT2D eigenvalue weighted by Gasteiger charge is 2.43. The van der Waals surface area contributed by atoms with Crippen LogP contribution in [-0.2, 0) is 0 Å². The van der Waals surface area contributed by atoms with Crippen LogP contribution >= 0.6 is 0 Å². The summed E-state index contributed by atoms with van der Waals surface area (Å²) in [5.74, 6) is 2.14. The number of hydrogen-bond acceptors (Lipinski definition) is 7. The van der Waals surface area contributed by atoms with E-state index in [2.05, 4.69) is 342 Å². The molecule has 17 aromatic rings. The van der Waals surface area contributed by atoms with Gasteiger partial charge in [0, 0.05) is 78.3 Å². The molecule has 0 atom stereocenters. The minimum absolute atomic E-state index is 0.000457. The Kier molecular flexibility index (Phi) is 14.1. The monoisotopic (exact) mass is 1270 g/mol. The van der Waals surface area contributed by atoms with Crippen molar-refractivity contribution in [3.63, 3.8) is 0 Å². The number of rotatable bonds is 12. The first-order chi connectivity index (χ1) is 49.6. The number of aromatic nitrogens is 6. The summed E-state index contributed by atoms with van der Waals surface area (Å²) in [6.07, 6.45) is 0. The lowest BCUT2D eigenvalue weighted by atomic mass is 9.33. The molecule has 2 aliphatic rings. The first-order valence-corrected chi connectivity index (χ1v) is 33.9. The molecule has 0 bridgehead atoms. The number of anilines is 6. The van der Waals surface area contributed by atoms with E-state index in [1.807, 2.05) is 30.3 Å². The number of para-hydroxylation sites is 4. The van der Waals surface area contributed by atoms with Crippen LogP contribution in [0.4, 0.5) is 34.1 Å². The van der Waals surface area contributed by atoms with Crippen LogP contribution in [0, 0.1) is 0 Å². The van der Waals surface area contributed by atoms with E-state index in [1.165, 1.54) is 27.8 Å². The van der Waals surface area contributed by atoms with E-state index in [-0.39, 0.29) is 6.71 Å². The molecular formula is C91H59BN8. The van der Waals surface area contributed by atoms with Gasteiger partial charge in [-0.25, -0.2) is 24.9 Å². The fraction of sp³-hybridized carbons (Fsp3) is 0. The molecule has 0 fully saturated rings. The molecule has 19 rings (SSSR count). The molecule has 8 nitrogen and oxygen atoms in total. The van der Waals surface area contributed by atoms with Gasteiger partial charge in [0.15, 0.2) is 23.3 Å². The number of hydrogen-bond donors (Lipinski definition) is 0. The Labute approximate surface area is 579 Å². The van der Waals surface area contributed by atoms with Crippen molar-refractivity contribution in [2.24, 2.45) is 0 Å². The molecule has 0 saturated carbocycles. The van der Waals surface area contributed by atoms with Gasteiger partial charge in [-0.1, -0.05) is 261 Å². The van der Waals surface area contributed by atoms with Crippen LogP contribution in [0.15, 0.2) is 358 Å². The molecule has 0 aliphatic carbocycles. The molecule has 100 heavy (non-hydrogen) atoms. The standard InChI is InChI=1S/C91H59BN8/c1-8-26-60(27-9-1)67-48-51-80-73(54-67)74-55-68(61-28-10-2-11-29-61)49-52-81(74)100(80)82-53-50-69(90-93-78(63-30-12-3-13-31-63)59-79(94-90)64-32-14-4-15-33-64)56-75(82)91-96-88(65-34-16-5-17-35-65)95-89(97-91)66-46-44-62(45-47-66)70-57-85-87-86(58-70)99(72-38-20-7-21-39-72)84-43-25-23-41-77(84)92(87)76-40-22-24-42-83(76)98(85)71-36-18-6-19-37-71/h1-59H.